The molecule has 1 aliphatic heterocycles. The highest BCUT2D eigenvalue weighted by molar-refractivity contribution is 6.32. The Labute approximate surface area is 195 Å². The minimum absolute atomic E-state index is 0.0538. The molecule has 0 saturated heterocycles. The van der Waals surface area contributed by atoms with E-state index in [2.05, 4.69) is 10.2 Å². The molecule has 0 radical (unpaired) electrons. The second-order valence-corrected chi connectivity index (χ2v) is 9.14. The molecule has 0 saturated carbocycles. The molecule has 164 valence electrons. The van der Waals surface area contributed by atoms with Crippen molar-refractivity contribution in [3.63, 3.8) is 0 Å². The lowest BCUT2D eigenvalue weighted by Crippen LogP contribution is -2.28. The molecule has 6 nitrogen and oxygen atoms in total. The van der Waals surface area contributed by atoms with Gasteiger partial charge in [0.25, 0.3) is 0 Å². The number of aromatic amines is 1. The summed E-state index contributed by atoms with van der Waals surface area (Å²) in [4.78, 5) is 13.6. The molecular formula is C24H22Cl2N4O2. The maximum atomic E-state index is 13.6. The number of nitrogens with zero attached hydrogens (tertiary/aromatic N) is 2. The van der Waals surface area contributed by atoms with Crippen molar-refractivity contribution in [2.75, 3.05) is 6.61 Å². The van der Waals surface area contributed by atoms with Crippen LogP contribution in [0.4, 0.5) is 0 Å². The number of aromatic nitrogens is 3. The zero-order valence-corrected chi connectivity index (χ0v) is 19.0. The van der Waals surface area contributed by atoms with Crippen LogP contribution in [0.3, 0.4) is 0 Å². The lowest BCUT2D eigenvalue weighted by molar-refractivity contribution is 0.0856. The number of nitrogens with one attached hydrogen (secondary N) is 1. The molecule has 2 aromatic carbocycles. The first-order valence-electron chi connectivity index (χ1n) is 10.4. The molecule has 1 unspecified atom stereocenters. The number of fused-ring (bicyclic) bond motifs is 2. The van der Waals surface area contributed by atoms with Crippen molar-refractivity contribution >= 4 is 39.9 Å². The normalized spacial score (nSPS) is 16.6. The summed E-state index contributed by atoms with van der Waals surface area (Å²) in [7, 11) is 0. The maximum absolute atomic E-state index is 13.6. The van der Waals surface area contributed by atoms with Gasteiger partial charge in [0.2, 0.25) is 0 Å². The van der Waals surface area contributed by atoms with E-state index in [4.69, 9.17) is 33.7 Å². The minimum Gasteiger partial charge on any atom is -0.493 e. The van der Waals surface area contributed by atoms with Gasteiger partial charge >= 0.3 is 0 Å². The zero-order chi connectivity index (χ0) is 22.4. The number of rotatable bonds is 5. The van der Waals surface area contributed by atoms with Gasteiger partial charge in [-0.3, -0.25) is 9.89 Å². The number of Topliss-reactive ketones (excluding diaryl/α,β-unsaturated/α-hetero) is 1. The average Bonchev–Trinajstić information content (AvgIpc) is 3.35. The van der Waals surface area contributed by atoms with Gasteiger partial charge in [0.15, 0.2) is 5.78 Å². The fourth-order valence-corrected chi connectivity index (χ4v) is 4.74. The quantitative estimate of drug-likeness (QED) is 0.398. The summed E-state index contributed by atoms with van der Waals surface area (Å²) in [6.07, 6.45) is 4.19. The van der Waals surface area contributed by atoms with Gasteiger partial charge in [0.05, 0.1) is 18.7 Å². The van der Waals surface area contributed by atoms with Crippen LogP contribution in [0.15, 0.2) is 48.8 Å². The first-order valence-corrected chi connectivity index (χ1v) is 11.2. The molecule has 0 spiro atoms. The van der Waals surface area contributed by atoms with Crippen molar-refractivity contribution in [2.24, 2.45) is 11.7 Å². The summed E-state index contributed by atoms with van der Waals surface area (Å²) in [6.45, 7) is 2.88. The largest absolute Gasteiger partial charge is 0.493 e. The molecule has 2 aromatic heterocycles. The van der Waals surface area contributed by atoms with Crippen LogP contribution in [0.1, 0.15) is 22.8 Å². The smallest absolute Gasteiger partial charge is 0.171 e. The van der Waals surface area contributed by atoms with Crippen molar-refractivity contribution in [3.05, 3.63) is 70.1 Å². The van der Waals surface area contributed by atoms with E-state index in [-0.39, 0.29) is 17.7 Å². The Morgan fingerprint density at radius 1 is 1.31 bits per heavy atom. The standard InChI is InChI=1S/C24H22Cl2N4O2/c1-13(27)10-30-11-20(18-4-2-14(8-21(18)30)19-9-28-29-24(19)26)23(31)16-6-15-7-17(25)3-5-22(15)32-12-16/h2-5,7-9,11,13,16H,6,10,12,27H2,1H3,(H,28,29)/t13-,16?/m1/s1. The van der Waals surface area contributed by atoms with Crippen molar-refractivity contribution in [3.8, 4) is 16.9 Å². The SMILES string of the molecule is C[C@@H](N)Cn1cc(C(=O)C2COc3ccc(Cl)cc3C2)c2ccc(-c3cn[nH]c3Cl)cc21. The monoisotopic (exact) mass is 468 g/mol. The molecule has 3 heterocycles. The first kappa shape index (κ1) is 21.1. The van der Waals surface area contributed by atoms with E-state index in [9.17, 15) is 4.79 Å². The number of benzene rings is 2. The van der Waals surface area contributed by atoms with E-state index >= 15 is 0 Å². The van der Waals surface area contributed by atoms with Crippen molar-refractivity contribution < 1.29 is 9.53 Å². The van der Waals surface area contributed by atoms with Gasteiger partial charge in [-0.05, 0) is 48.7 Å². The molecule has 1 aliphatic rings. The molecule has 0 aliphatic carbocycles. The number of nitrogens with two attached hydrogens (primary N) is 1. The van der Waals surface area contributed by atoms with Crippen LogP contribution in [0.2, 0.25) is 10.2 Å². The van der Waals surface area contributed by atoms with Crippen LogP contribution in [-0.4, -0.2) is 33.2 Å². The van der Waals surface area contributed by atoms with Crippen molar-refractivity contribution in [1.29, 1.82) is 0 Å². The highest BCUT2D eigenvalue weighted by atomic mass is 35.5. The Morgan fingerprint density at radius 2 is 2.16 bits per heavy atom. The Balaban J connectivity index is 1.55. The molecule has 0 amide bonds. The van der Waals surface area contributed by atoms with Crippen molar-refractivity contribution in [1.82, 2.24) is 14.8 Å². The van der Waals surface area contributed by atoms with Crippen LogP contribution < -0.4 is 10.5 Å². The minimum atomic E-state index is -0.279. The van der Waals surface area contributed by atoms with Gasteiger partial charge in [-0.2, -0.15) is 5.10 Å². The molecule has 2 atom stereocenters. The van der Waals surface area contributed by atoms with Crippen LogP contribution >= 0.6 is 23.2 Å². The summed E-state index contributed by atoms with van der Waals surface area (Å²) >= 11 is 12.4. The lowest BCUT2D eigenvalue weighted by atomic mass is 9.89. The number of H-pyrrole nitrogens is 1. The zero-order valence-electron chi connectivity index (χ0n) is 17.4. The number of carbonyl (C=O) groups excluding carboxylic acids is 1. The number of hydrogen-bond donors (Lipinski definition) is 2. The highest BCUT2D eigenvalue weighted by Crippen LogP contribution is 2.35. The summed E-state index contributed by atoms with van der Waals surface area (Å²) < 4.78 is 7.91. The summed E-state index contributed by atoms with van der Waals surface area (Å²) in [5, 5.41) is 8.76. The molecule has 8 heteroatoms. The van der Waals surface area contributed by atoms with Crippen molar-refractivity contribution in [2.45, 2.75) is 25.9 Å². The summed E-state index contributed by atoms with van der Waals surface area (Å²) in [6, 6.07) is 11.4. The maximum Gasteiger partial charge on any atom is 0.171 e. The molecule has 3 N–H and O–H groups in total. The molecular weight excluding hydrogens is 447 g/mol. The van der Waals surface area contributed by atoms with Gasteiger partial charge in [0, 0.05) is 45.8 Å². The lowest BCUT2D eigenvalue weighted by Gasteiger charge is -2.24. The number of carbonyl (C=O) groups is 1. The fraction of sp³-hybridized carbons (Fsp3) is 0.250. The Hall–Kier alpha value is -2.80. The fourth-order valence-electron chi connectivity index (χ4n) is 4.34. The predicted molar refractivity (Wildman–Crippen MR) is 127 cm³/mol. The number of ketones is 1. The van der Waals surface area contributed by atoms with Gasteiger partial charge in [-0.25, -0.2) is 0 Å². The molecule has 0 fully saturated rings. The van der Waals surface area contributed by atoms with E-state index in [0.29, 0.717) is 35.3 Å². The molecule has 0 bridgehead atoms. The van der Waals surface area contributed by atoms with Crippen LogP contribution in [0, 0.1) is 5.92 Å². The highest BCUT2D eigenvalue weighted by Gasteiger charge is 2.29. The van der Waals surface area contributed by atoms with E-state index in [0.717, 1.165) is 33.3 Å². The van der Waals surface area contributed by atoms with E-state index in [1.54, 1.807) is 12.3 Å². The van der Waals surface area contributed by atoms with E-state index in [1.165, 1.54) is 0 Å². The average molecular weight is 469 g/mol. The van der Waals surface area contributed by atoms with Gasteiger partial charge < -0.3 is 15.0 Å². The third kappa shape index (κ3) is 3.79. The van der Waals surface area contributed by atoms with E-state index in [1.807, 2.05) is 48.0 Å². The predicted octanol–water partition coefficient (Wildman–Crippen LogP) is 5.12. The van der Waals surface area contributed by atoms with E-state index < -0.39 is 0 Å². The van der Waals surface area contributed by atoms with Gasteiger partial charge in [0.1, 0.15) is 10.9 Å². The number of hydrogen-bond acceptors (Lipinski definition) is 4. The molecule has 4 aromatic rings. The second-order valence-electron chi connectivity index (χ2n) is 8.33. The van der Waals surface area contributed by atoms with Crippen LogP contribution in [-0.2, 0) is 13.0 Å². The van der Waals surface area contributed by atoms with Crippen LogP contribution in [0.5, 0.6) is 5.75 Å². The Morgan fingerprint density at radius 3 is 2.91 bits per heavy atom. The Bertz CT molecular complexity index is 1330. The van der Waals surface area contributed by atoms with Gasteiger partial charge in [-0.1, -0.05) is 35.3 Å². The second kappa shape index (κ2) is 8.28. The summed E-state index contributed by atoms with van der Waals surface area (Å²) in [5.41, 5.74) is 10.4. The Kier molecular flexibility index (Phi) is 5.45. The number of ether oxygens (including phenoxy) is 1. The number of halogens is 2. The third-order valence-electron chi connectivity index (χ3n) is 5.84. The summed E-state index contributed by atoms with van der Waals surface area (Å²) in [5.74, 6) is 0.566. The van der Waals surface area contributed by atoms with Gasteiger partial charge in [-0.15, -0.1) is 0 Å². The topological polar surface area (TPSA) is 85.9 Å². The molecule has 5 rings (SSSR count). The first-order chi connectivity index (χ1) is 15.4. The molecule has 32 heavy (non-hydrogen) atoms. The third-order valence-corrected chi connectivity index (χ3v) is 6.36. The van der Waals surface area contributed by atoms with Crippen LogP contribution in [0.25, 0.3) is 22.0 Å².